The molecular formula is C7H12O4. The lowest BCUT2D eigenvalue weighted by Gasteiger charge is -2.14. The van der Waals surface area contributed by atoms with Crippen molar-refractivity contribution in [2.45, 2.75) is 27.2 Å². The zero-order valence-corrected chi connectivity index (χ0v) is 6.88. The van der Waals surface area contributed by atoms with Crippen LogP contribution in [0.5, 0.6) is 0 Å². The molecule has 11 heavy (non-hydrogen) atoms. The summed E-state index contributed by atoms with van der Waals surface area (Å²) in [5.74, 6) is -1.17. The first-order chi connectivity index (χ1) is 4.88. The maximum Gasteiger partial charge on any atom is 0.349 e. The zero-order chi connectivity index (χ0) is 9.07. The van der Waals surface area contributed by atoms with Gasteiger partial charge in [0, 0.05) is 5.41 Å². The lowest BCUT2D eigenvalue weighted by Crippen LogP contribution is -2.23. The molecule has 0 saturated carbocycles. The first-order valence-corrected chi connectivity index (χ1v) is 3.25. The predicted molar refractivity (Wildman–Crippen MR) is 37.8 cm³/mol. The summed E-state index contributed by atoms with van der Waals surface area (Å²) in [6.45, 7) is 5.08. The van der Waals surface area contributed by atoms with Gasteiger partial charge in [0.2, 0.25) is 0 Å². The second kappa shape index (κ2) is 3.48. The van der Waals surface area contributed by atoms with E-state index in [1.54, 1.807) is 20.8 Å². The highest BCUT2D eigenvalue weighted by Gasteiger charge is 2.24. The molecule has 0 aliphatic rings. The third-order valence-electron chi connectivity index (χ3n) is 1.24. The molecule has 0 saturated heterocycles. The quantitative estimate of drug-likeness (QED) is 0.372. The van der Waals surface area contributed by atoms with Gasteiger partial charge in [-0.3, -0.25) is 4.79 Å². The van der Waals surface area contributed by atoms with Crippen molar-refractivity contribution in [1.82, 2.24) is 0 Å². The van der Waals surface area contributed by atoms with Crippen LogP contribution in [0.15, 0.2) is 0 Å². The van der Waals surface area contributed by atoms with Crippen molar-refractivity contribution in [3.05, 3.63) is 0 Å². The van der Waals surface area contributed by atoms with Gasteiger partial charge in [-0.2, -0.15) is 5.26 Å². The number of carbonyl (C=O) groups is 2. The van der Waals surface area contributed by atoms with Crippen LogP contribution in [0.2, 0.25) is 0 Å². The fourth-order valence-corrected chi connectivity index (χ4v) is 0.429. The van der Waals surface area contributed by atoms with Crippen LogP contribution in [0.1, 0.15) is 27.2 Å². The van der Waals surface area contributed by atoms with E-state index < -0.39 is 11.4 Å². The molecule has 0 aliphatic carbocycles. The molecule has 4 heteroatoms. The number of carbonyl (C=O) groups excluding carboxylic acids is 2. The van der Waals surface area contributed by atoms with Gasteiger partial charge >= 0.3 is 5.97 Å². The normalized spacial score (nSPS) is 10.9. The number of hydrogen-bond acceptors (Lipinski definition) is 4. The maximum atomic E-state index is 11.0. The Labute approximate surface area is 65.1 Å². The molecule has 1 N–H and O–H groups in total. The molecule has 0 aliphatic heterocycles. The van der Waals surface area contributed by atoms with Crippen LogP contribution in [0.4, 0.5) is 0 Å². The minimum atomic E-state index is -0.912. The first kappa shape index (κ1) is 10.1. The van der Waals surface area contributed by atoms with Gasteiger partial charge in [0.05, 0.1) is 0 Å². The van der Waals surface area contributed by atoms with E-state index in [0.717, 1.165) is 0 Å². The Bertz CT molecular complexity index is 166. The molecule has 0 aromatic heterocycles. The number of ketones is 1. The minimum absolute atomic E-state index is 0.253. The van der Waals surface area contributed by atoms with Crippen molar-refractivity contribution < 1.29 is 19.7 Å². The van der Waals surface area contributed by atoms with Gasteiger partial charge < -0.3 is 4.89 Å². The summed E-state index contributed by atoms with van der Waals surface area (Å²) in [6, 6.07) is 0. The van der Waals surface area contributed by atoms with Gasteiger partial charge in [-0.05, 0) is 0 Å². The lowest BCUT2D eigenvalue weighted by atomic mass is 9.89. The molecule has 0 radical (unpaired) electrons. The van der Waals surface area contributed by atoms with Crippen molar-refractivity contribution in [2.75, 3.05) is 0 Å². The summed E-state index contributed by atoms with van der Waals surface area (Å²) >= 11 is 0. The maximum absolute atomic E-state index is 11.0. The third kappa shape index (κ3) is 3.72. The van der Waals surface area contributed by atoms with E-state index in [1.807, 2.05) is 0 Å². The molecule has 0 spiro atoms. The number of rotatable bonds is 2. The third-order valence-corrected chi connectivity index (χ3v) is 1.24. The first-order valence-electron chi connectivity index (χ1n) is 3.25. The molecule has 64 valence electrons. The number of hydrogen-bond donors (Lipinski definition) is 1. The fraction of sp³-hybridized carbons (Fsp3) is 0.714. The highest BCUT2D eigenvalue weighted by atomic mass is 17.1. The second-order valence-corrected chi connectivity index (χ2v) is 3.31. The van der Waals surface area contributed by atoms with Crippen LogP contribution in [0.3, 0.4) is 0 Å². The molecule has 0 atom stereocenters. The molecule has 0 amide bonds. The zero-order valence-electron chi connectivity index (χ0n) is 6.88. The topological polar surface area (TPSA) is 63.6 Å². The molecule has 4 nitrogen and oxygen atoms in total. The van der Waals surface area contributed by atoms with Crippen LogP contribution in [-0.4, -0.2) is 17.0 Å². The van der Waals surface area contributed by atoms with E-state index in [9.17, 15) is 9.59 Å². The fourth-order valence-electron chi connectivity index (χ4n) is 0.429. The molecule has 0 aromatic carbocycles. The Morgan fingerprint density at radius 3 is 2.09 bits per heavy atom. The van der Waals surface area contributed by atoms with E-state index in [0.29, 0.717) is 0 Å². The molecule has 0 aromatic rings. The van der Waals surface area contributed by atoms with Crippen molar-refractivity contribution in [2.24, 2.45) is 5.41 Å². The van der Waals surface area contributed by atoms with Crippen LogP contribution >= 0.6 is 0 Å². The molecule has 0 rings (SSSR count). The Kier molecular flexibility index (Phi) is 3.19. The van der Waals surface area contributed by atoms with Gasteiger partial charge in [0.15, 0.2) is 0 Å². The second-order valence-electron chi connectivity index (χ2n) is 3.31. The summed E-state index contributed by atoms with van der Waals surface area (Å²) in [5, 5.41) is 7.85. The Hall–Kier alpha value is -0.900. The smallest absolute Gasteiger partial charge is 0.301 e. The van der Waals surface area contributed by atoms with Crippen LogP contribution < -0.4 is 0 Å². The van der Waals surface area contributed by atoms with Gasteiger partial charge in [0.1, 0.15) is 12.2 Å². The summed E-state index contributed by atoms with van der Waals surface area (Å²) in [7, 11) is 0. The average Bonchev–Trinajstić information content (AvgIpc) is 1.85. The van der Waals surface area contributed by atoms with Crippen LogP contribution in [-0.2, 0) is 14.5 Å². The molecule has 0 heterocycles. The van der Waals surface area contributed by atoms with Crippen molar-refractivity contribution in [3.8, 4) is 0 Å². The van der Waals surface area contributed by atoms with Gasteiger partial charge in [0.25, 0.3) is 0 Å². The lowest BCUT2D eigenvalue weighted by molar-refractivity contribution is -0.234. The van der Waals surface area contributed by atoms with E-state index in [4.69, 9.17) is 5.26 Å². The largest absolute Gasteiger partial charge is 0.349 e. The summed E-state index contributed by atoms with van der Waals surface area (Å²) in [6.07, 6.45) is -0.375. The standard InChI is InChI=1S/C7H12O4/c1-7(2,3)5(8)4-6(9)11-10/h10H,4H2,1-3H3. The molecule has 0 unspecified atom stereocenters. The predicted octanol–water partition coefficient (Wildman–Crippen LogP) is 1.01. The van der Waals surface area contributed by atoms with Crippen molar-refractivity contribution in [1.29, 1.82) is 0 Å². The summed E-state index contributed by atoms with van der Waals surface area (Å²) < 4.78 is 0. The average molecular weight is 160 g/mol. The molecule has 0 fully saturated rings. The minimum Gasteiger partial charge on any atom is -0.301 e. The Morgan fingerprint density at radius 1 is 1.36 bits per heavy atom. The monoisotopic (exact) mass is 160 g/mol. The number of Topliss-reactive ketones (excluding diaryl/α,β-unsaturated/α-hetero) is 1. The Morgan fingerprint density at radius 2 is 1.82 bits per heavy atom. The van der Waals surface area contributed by atoms with Gasteiger partial charge in [-0.1, -0.05) is 20.8 Å². The highest BCUT2D eigenvalue weighted by Crippen LogP contribution is 2.16. The van der Waals surface area contributed by atoms with E-state index in [-0.39, 0.29) is 12.2 Å². The summed E-state index contributed by atoms with van der Waals surface area (Å²) in [5.41, 5.74) is -0.561. The van der Waals surface area contributed by atoms with Crippen LogP contribution in [0, 0.1) is 5.41 Å². The SMILES string of the molecule is CC(C)(C)C(=O)CC(=O)OO. The van der Waals surface area contributed by atoms with Crippen LogP contribution in [0.25, 0.3) is 0 Å². The molecular weight excluding hydrogens is 148 g/mol. The van der Waals surface area contributed by atoms with E-state index in [2.05, 4.69) is 4.89 Å². The van der Waals surface area contributed by atoms with E-state index >= 15 is 0 Å². The van der Waals surface area contributed by atoms with Gasteiger partial charge in [-0.15, -0.1) is 0 Å². The highest BCUT2D eigenvalue weighted by molar-refractivity contribution is 5.97. The van der Waals surface area contributed by atoms with Gasteiger partial charge in [-0.25, -0.2) is 4.79 Å². The molecule has 0 bridgehead atoms. The van der Waals surface area contributed by atoms with Crippen molar-refractivity contribution in [3.63, 3.8) is 0 Å². The van der Waals surface area contributed by atoms with E-state index in [1.165, 1.54) is 0 Å². The summed E-state index contributed by atoms with van der Waals surface area (Å²) in [4.78, 5) is 24.8. The Balaban J connectivity index is 3.99. The van der Waals surface area contributed by atoms with Crippen molar-refractivity contribution >= 4 is 11.8 Å².